The van der Waals surface area contributed by atoms with Gasteiger partial charge in [-0.2, -0.15) is 0 Å². The summed E-state index contributed by atoms with van der Waals surface area (Å²) in [5.41, 5.74) is 0. The van der Waals surface area contributed by atoms with Crippen molar-refractivity contribution in [1.29, 1.82) is 0 Å². The molecule has 0 rings (SSSR count). The molecule has 0 aromatic heterocycles. The summed E-state index contributed by atoms with van der Waals surface area (Å²) in [7, 11) is -4.92. The second-order valence-electron chi connectivity index (χ2n) is 6.16. The molecule has 150 valence electrons. The van der Waals surface area contributed by atoms with Crippen molar-refractivity contribution in [2.24, 2.45) is 0 Å². The Balaban J connectivity index is -0.000000772. The van der Waals surface area contributed by atoms with E-state index in [1.807, 2.05) is 0 Å². The third-order valence-electron chi connectivity index (χ3n) is 3.65. The van der Waals surface area contributed by atoms with Gasteiger partial charge in [0.2, 0.25) is 10.4 Å². The van der Waals surface area contributed by atoms with Crippen molar-refractivity contribution in [2.75, 3.05) is 0 Å². The average molecular weight is 419 g/mol. The Kier molecular flexibility index (Phi) is 28.7. The minimum atomic E-state index is -4.92. The Morgan fingerprint density at radius 1 is 0.846 bits per heavy atom. The second-order valence-corrected chi connectivity index (χ2v) is 7.01. The van der Waals surface area contributed by atoms with Crippen LogP contribution in [0.15, 0.2) is 12.2 Å². The maximum atomic E-state index is 10.3. The molecule has 6 nitrogen and oxygen atoms in total. The Morgan fingerprint density at radius 3 is 1.58 bits per heavy atom. The molecule has 0 unspecified atom stereocenters. The standard InChI is InChI=1S/C18H34O2.K.H2O4S/c1-2-3-4-5-6-7-8-9-10-11-12-13-14-15-16-17-18(19)20;;1-5(2,3)4/h9-10H,2-8,11-17H2,1H3,(H,19,20);;(H2,1,2,3,4)/q;+1;/p-1. The minimum absolute atomic E-state index is 0. The van der Waals surface area contributed by atoms with Crippen LogP contribution in [0.4, 0.5) is 0 Å². The molecule has 0 atom stereocenters. The fourth-order valence-electron chi connectivity index (χ4n) is 2.35. The van der Waals surface area contributed by atoms with Gasteiger partial charge in [0.1, 0.15) is 0 Å². The molecular formula is C18H35KO6S. The van der Waals surface area contributed by atoms with Crippen LogP contribution >= 0.6 is 0 Å². The molecule has 8 heteroatoms. The number of rotatable bonds is 15. The number of unbranched alkanes of at least 4 members (excludes halogenated alkanes) is 11. The number of aliphatic carboxylic acids is 1. The number of carbonyl (C=O) groups is 1. The molecule has 0 saturated heterocycles. The normalized spacial score (nSPS) is 10.9. The Labute approximate surface area is 202 Å². The van der Waals surface area contributed by atoms with E-state index in [0.717, 1.165) is 12.8 Å². The maximum absolute atomic E-state index is 10.3. The average Bonchev–Trinajstić information content (AvgIpc) is 2.49. The van der Waals surface area contributed by atoms with Crippen LogP contribution in [0.3, 0.4) is 0 Å². The van der Waals surface area contributed by atoms with Gasteiger partial charge in [-0.25, -0.2) is 8.42 Å². The van der Waals surface area contributed by atoms with E-state index in [9.17, 15) is 4.79 Å². The molecule has 0 bridgehead atoms. The first-order valence-corrected chi connectivity index (χ1v) is 10.7. The summed E-state index contributed by atoms with van der Waals surface area (Å²) in [6, 6.07) is 0. The summed E-state index contributed by atoms with van der Waals surface area (Å²) in [6.07, 6.45) is 21.2. The van der Waals surface area contributed by atoms with E-state index in [-0.39, 0.29) is 51.4 Å². The van der Waals surface area contributed by atoms with Gasteiger partial charge in [0.05, 0.1) is 0 Å². The molecule has 2 N–H and O–H groups in total. The fourth-order valence-corrected chi connectivity index (χ4v) is 2.35. The molecular weight excluding hydrogens is 383 g/mol. The molecule has 0 aromatic rings. The molecule has 0 aliphatic rings. The van der Waals surface area contributed by atoms with Crippen LogP contribution in [-0.2, 0) is 15.2 Å². The molecule has 0 aliphatic carbocycles. The summed E-state index contributed by atoms with van der Waals surface area (Å²) in [4.78, 5) is 10.3. The monoisotopic (exact) mass is 418 g/mol. The molecule has 26 heavy (non-hydrogen) atoms. The summed E-state index contributed by atoms with van der Waals surface area (Å²) < 4.78 is 32.8. The predicted molar refractivity (Wildman–Crippen MR) is 99.4 cm³/mol. The first kappa shape index (κ1) is 31.4. The Bertz CT molecular complexity index is 415. The van der Waals surface area contributed by atoms with E-state index < -0.39 is 16.4 Å². The topological polar surface area (TPSA) is 115 Å². The molecule has 0 aliphatic heterocycles. The zero-order valence-electron chi connectivity index (χ0n) is 16.5. The van der Waals surface area contributed by atoms with E-state index >= 15 is 0 Å². The van der Waals surface area contributed by atoms with Gasteiger partial charge in [0.25, 0.3) is 0 Å². The Morgan fingerprint density at radius 2 is 1.19 bits per heavy atom. The van der Waals surface area contributed by atoms with Gasteiger partial charge in [0.15, 0.2) is 0 Å². The third-order valence-corrected chi connectivity index (χ3v) is 3.65. The minimum Gasteiger partial charge on any atom is -0.726 e. The quantitative estimate of drug-likeness (QED) is 0.138. The van der Waals surface area contributed by atoms with Crippen LogP contribution in [-0.4, -0.2) is 28.6 Å². The van der Waals surface area contributed by atoms with Gasteiger partial charge >= 0.3 is 57.4 Å². The van der Waals surface area contributed by atoms with Gasteiger partial charge in [-0.15, -0.1) is 0 Å². The van der Waals surface area contributed by atoms with Crippen molar-refractivity contribution in [2.45, 2.75) is 96.8 Å². The molecule has 0 saturated carbocycles. The Hall–Kier alpha value is 0.716. The van der Waals surface area contributed by atoms with Crippen molar-refractivity contribution < 1.29 is 78.8 Å². The summed E-state index contributed by atoms with van der Waals surface area (Å²) >= 11 is 0. The van der Waals surface area contributed by atoms with Gasteiger partial charge in [0, 0.05) is 6.42 Å². The van der Waals surface area contributed by atoms with E-state index in [2.05, 4.69) is 19.1 Å². The molecule has 0 heterocycles. The van der Waals surface area contributed by atoms with Crippen molar-refractivity contribution >= 4 is 16.4 Å². The maximum Gasteiger partial charge on any atom is 1.00 e. The summed E-state index contributed by atoms with van der Waals surface area (Å²) in [5, 5.41) is 8.51. The van der Waals surface area contributed by atoms with E-state index in [4.69, 9.17) is 22.6 Å². The van der Waals surface area contributed by atoms with Gasteiger partial charge in [-0.1, -0.05) is 70.4 Å². The number of hydrogen-bond acceptors (Lipinski definition) is 4. The molecule has 0 fully saturated rings. The van der Waals surface area contributed by atoms with Crippen LogP contribution in [0.2, 0.25) is 0 Å². The molecule has 0 spiro atoms. The fraction of sp³-hybridized carbons (Fsp3) is 0.833. The zero-order chi connectivity index (χ0) is 19.4. The first-order chi connectivity index (χ1) is 11.8. The van der Waals surface area contributed by atoms with Crippen molar-refractivity contribution in [3.05, 3.63) is 12.2 Å². The van der Waals surface area contributed by atoms with Gasteiger partial charge in [-0.05, 0) is 32.1 Å². The van der Waals surface area contributed by atoms with Gasteiger partial charge < -0.3 is 9.66 Å². The number of carboxylic acids is 1. The molecule has 0 radical (unpaired) electrons. The van der Waals surface area contributed by atoms with Crippen LogP contribution < -0.4 is 51.4 Å². The number of hydrogen-bond donors (Lipinski definition) is 2. The van der Waals surface area contributed by atoms with E-state index in [1.165, 1.54) is 70.6 Å². The van der Waals surface area contributed by atoms with E-state index in [1.54, 1.807) is 0 Å². The third kappa shape index (κ3) is 44.3. The van der Waals surface area contributed by atoms with Crippen molar-refractivity contribution in [1.82, 2.24) is 0 Å². The van der Waals surface area contributed by atoms with Crippen LogP contribution in [0.5, 0.6) is 0 Å². The number of allylic oxidation sites excluding steroid dienone is 2. The van der Waals surface area contributed by atoms with Crippen LogP contribution in [0.1, 0.15) is 96.8 Å². The van der Waals surface area contributed by atoms with Gasteiger partial charge in [-0.3, -0.25) is 9.35 Å². The second kappa shape index (κ2) is 23.8. The number of carboxylic acid groups (broad SMARTS) is 1. The van der Waals surface area contributed by atoms with Crippen LogP contribution in [0, 0.1) is 0 Å². The molecule has 0 aromatic carbocycles. The smallest absolute Gasteiger partial charge is 0.726 e. The first-order valence-electron chi connectivity index (χ1n) is 9.32. The molecule has 0 amide bonds. The predicted octanol–water partition coefficient (Wildman–Crippen LogP) is 2.12. The summed E-state index contributed by atoms with van der Waals surface area (Å²) in [6.45, 7) is 2.26. The van der Waals surface area contributed by atoms with E-state index in [0.29, 0.717) is 6.42 Å². The van der Waals surface area contributed by atoms with Crippen molar-refractivity contribution in [3.63, 3.8) is 0 Å². The summed E-state index contributed by atoms with van der Waals surface area (Å²) in [5.74, 6) is -0.664. The van der Waals surface area contributed by atoms with Crippen molar-refractivity contribution in [3.8, 4) is 0 Å². The largest absolute Gasteiger partial charge is 1.00 e. The van der Waals surface area contributed by atoms with Crippen LogP contribution in [0.25, 0.3) is 0 Å². The SMILES string of the molecule is CCCCCCCCC=CCCCCCCCC(=O)O.O=S(=O)([O-])O.[K+]. The zero-order valence-corrected chi connectivity index (χ0v) is 20.4.